The van der Waals surface area contributed by atoms with E-state index in [-0.39, 0.29) is 55.0 Å². The van der Waals surface area contributed by atoms with Gasteiger partial charge in [0.15, 0.2) is 0 Å². The maximum atomic E-state index is 12.1. The first-order chi connectivity index (χ1) is 19.7. The van der Waals surface area contributed by atoms with Crippen LogP contribution < -0.4 is 11.1 Å². The van der Waals surface area contributed by atoms with Crippen molar-refractivity contribution in [2.75, 3.05) is 13.2 Å². The van der Waals surface area contributed by atoms with Gasteiger partial charge in [0.2, 0.25) is 0 Å². The number of rotatable bonds is 15. The summed E-state index contributed by atoms with van der Waals surface area (Å²) in [5.41, 5.74) is 6.35. The Kier molecular flexibility index (Phi) is 14.8. The molecule has 238 valence electrons. The number of carbonyl (C=O) groups excluding carboxylic acids is 2. The van der Waals surface area contributed by atoms with Gasteiger partial charge in [-0.25, -0.2) is 0 Å². The minimum absolute atomic E-state index is 0.104. The quantitative estimate of drug-likeness (QED) is 0.215. The Morgan fingerprint density at radius 2 is 1.63 bits per heavy atom. The fourth-order valence-corrected chi connectivity index (χ4v) is 7.69. The van der Waals surface area contributed by atoms with Crippen molar-refractivity contribution in [3.8, 4) is 0 Å². The number of aliphatic hydroxyl groups is 2. The second-order valence-corrected chi connectivity index (χ2v) is 13.2. The summed E-state index contributed by atoms with van der Waals surface area (Å²) in [4.78, 5) is 24.0. The summed E-state index contributed by atoms with van der Waals surface area (Å²) >= 11 is 0. The van der Waals surface area contributed by atoms with E-state index >= 15 is 0 Å². The maximum Gasteiger partial charge on any atom is 0.302 e. The third-order valence-corrected chi connectivity index (χ3v) is 9.97. The van der Waals surface area contributed by atoms with Gasteiger partial charge in [0.1, 0.15) is 18.4 Å². The molecule has 1 saturated heterocycles. The predicted molar refractivity (Wildman–Crippen MR) is 157 cm³/mol. The van der Waals surface area contributed by atoms with Crippen LogP contribution in [0.4, 0.5) is 0 Å². The summed E-state index contributed by atoms with van der Waals surface area (Å²) in [7, 11) is 0. The molecule has 0 bridgehead atoms. The van der Waals surface area contributed by atoms with Gasteiger partial charge in [-0.15, -0.1) is 0 Å². The maximum absolute atomic E-state index is 12.1. The average Bonchev–Trinajstić information content (AvgIpc) is 2.93. The number of piperidine rings is 1. The largest absolute Gasteiger partial charge is 0.462 e. The molecule has 3 aliphatic rings. The van der Waals surface area contributed by atoms with Crippen molar-refractivity contribution in [1.82, 2.24) is 0 Å². The number of hydrogen-bond acceptors (Lipinski definition) is 8. The topological polar surface area (TPSA) is 145 Å². The molecular formula is C32H59N2O7+. The number of nitrogens with two attached hydrogens (primary N) is 2. The molecule has 2 saturated carbocycles. The molecule has 0 spiro atoms. The van der Waals surface area contributed by atoms with E-state index in [0.717, 1.165) is 64.3 Å². The highest BCUT2D eigenvalue weighted by Gasteiger charge is 2.43. The molecular weight excluding hydrogens is 524 g/mol. The summed E-state index contributed by atoms with van der Waals surface area (Å²) in [5, 5.41) is 23.1. The normalized spacial score (nSPS) is 31.7. The van der Waals surface area contributed by atoms with Gasteiger partial charge in [-0.2, -0.15) is 0 Å². The van der Waals surface area contributed by atoms with E-state index in [2.05, 4.69) is 5.32 Å². The minimum Gasteiger partial charge on any atom is -0.462 e. The Morgan fingerprint density at radius 1 is 0.951 bits per heavy atom. The lowest BCUT2D eigenvalue weighted by molar-refractivity contribution is -0.699. The molecule has 3 fully saturated rings. The number of ether oxygens (including phenoxy) is 3. The van der Waals surface area contributed by atoms with Gasteiger partial charge < -0.3 is 29.7 Å². The minimum atomic E-state index is -0.462. The van der Waals surface area contributed by atoms with Crippen LogP contribution in [-0.2, 0) is 23.8 Å². The van der Waals surface area contributed by atoms with Crippen LogP contribution in [-0.4, -0.2) is 72.0 Å². The molecule has 9 heteroatoms. The summed E-state index contributed by atoms with van der Waals surface area (Å²) in [6.07, 6.45) is 12.6. The van der Waals surface area contributed by atoms with E-state index in [1.165, 1.54) is 33.1 Å². The number of quaternary nitrogens is 1. The van der Waals surface area contributed by atoms with E-state index < -0.39 is 6.10 Å². The average molecular weight is 584 g/mol. The molecule has 6 N–H and O–H groups in total. The van der Waals surface area contributed by atoms with Crippen molar-refractivity contribution in [3.63, 3.8) is 0 Å². The Bertz CT molecular complexity index is 773. The third-order valence-electron chi connectivity index (χ3n) is 9.97. The van der Waals surface area contributed by atoms with Crippen LogP contribution in [0, 0.1) is 23.7 Å². The van der Waals surface area contributed by atoms with Crippen molar-refractivity contribution >= 4 is 11.9 Å². The third kappa shape index (κ3) is 11.7. The van der Waals surface area contributed by atoms with Crippen LogP contribution in [0.25, 0.3) is 0 Å². The summed E-state index contributed by atoms with van der Waals surface area (Å²) in [6.45, 7) is 6.01. The molecule has 1 aliphatic heterocycles. The van der Waals surface area contributed by atoms with E-state index in [0.29, 0.717) is 37.0 Å². The first kappa shape index (κ1) is 34.2. The van der Waals surface area contributed by atoms with Crippen molar-refractivity contribution < 1.29 is 39.3 Å². The lowest BCUT2D eigenvalue weighted by Gasteiger charge is -2.45. The molecule has 3 rings (SSSR count). The zero-order valence-corrected chi connectivity index (χ0v) is 25.9. The highest BCUT2D eigenvalue weighted by Crippen LogP contribution is 2.43. The smallest absolute Gasteiger partial charge is 0.302 e. The molecule has 1 heterocycles. The van der Waals surface area contributed by atoms with Crippen LogP contribution in [0.5, 0.6) is 0 Å². The van der Waals surface area contributed by atoms with Crippen molar-refractivity contribution in [1.29, 1.82) is 0 Å². The van der Waals surface area contributed by atoms with Gasteiger partial charge in [0.25, 0.3) is 0 Å². The first-order valence-corrected chi connectivity index (χ1v) is 16.6. The van der Waals surface area contributed by atoms with Gasteiger partial charge in [0.05, 0.1) is 24.9 Å². The highest BCUT2D eigenvalue weighted by atomic mass is 16.6. The predicted octanol–water partition coefficient (Wildman–Crippen LogP) is 3.18. The van der Waals surface area contributed by atoms with Gasteiger partial charge in [-0.05, 0) is 81.5 Å². The molecule has 41 heavy (non-hydrogen) atoms. The zero-order chi connectivity index (χ0) is 29.8. The first-order valence-electron chi connectivity index (χ1n) is 16.6. The highest BCUT2D eigenvalue weighted by molar-refractivity contribution is 5.66. The lowest BCUT2D eigenvalue weighted by Crippen LogP contribution is -2.94. The molecule has 0 aromatic rings. The second kappa shape index (κ2) is 17.8. The van der Waals surface area contributed by atoms with Crippen LogP contribution in [0.2, 0.25) is 0 Å². The number of aliphatic hydroxyl groups excluding tert-OH is 2. The molecule has 0 amide bonds. The molecule has 9 nitrogen and oxygen atoms in total. The van der Waals surface area contributed by atoms with Crippen molar-refractivity contribution in [2.45, 2.75) is 154 Å². The summed E-state index contributed by atoms with van der Waals surface area (Å²) < 4.78 is 18.0. The summed E-state index contributed by atoms with van der Waals surface area (Å²) in [5.74, 6) is 0.648. The van der Waals surface area contributed by atoms with E-state index in [1.807, 2.05) is 6.92 Å². The van der Waals surface area contributed by atoms with Crippen molar-refractivity contribution in [2.24, 2.45) is 29.4 Å². The lowest BCUT2D eigenvalue weighted by atomic mass is 9.66. The van der Waals surface area contributed by atoms with E-state index in [4.69, 9.17) is 19.9 Å². The van der Waals surface area contributed by atoms with Crippen LogP contribution in [0.1, 0.15) is 117 Å². The van der Waals surface area contributed by atoms with Gasteiger partial charge in [0, 0.05) is 33.3 Å². The molecule has 0 aromatic heterocycles. The van der Waals surface area contributed by atoms with Crippen molar-refractivity contribution in [3.05, 3.63) is 0 Å². The monoisotopic (exact) mass is 583 g/mol. The summed E-state index contributed by atoms with van der Waals surface area (Å²) in [6, 6.07) is 0. The van der Waals surface area contributed by atoms with E-state index in [1.54, 1.807) is 0 Å². The number of esters is 2. The van der Waals surface area contributed by atoms with E-state index in [9.17, 15) is 19.8 Å². The molecule has 9 atom stereocenters. The standard InChI is InChI=1S/C32H58N2O7/c1-4-23(20-35)10-12-27(39-21(2)36)18-28(40-22(3)37)13-11-24-16-31(41-26-8-6-5-7-9-26)30(38)19-29(24)25-14-15-34-32(33)17-25/h23-32,34-35,38H,4-20,33H2,1-3H3/p+1. The molecule has 9 unspecified atom stereocenters. The van der Waals surface area contributed by atoms with Crippen LogP contribution in [0.3, 0.4) is 0 Å². The van der Waals surface area contributed by atoms with Gasteiger partial charge >= 0.3 is 11.9 Å². The fourth-order valence-electron chi connectivity index (χ4n) is 7.69. The number of hydrogen-bond donors (Lipinski definition) is 4. The number of carbonyl (C=O) groups is 2. The fraction of sp³-hybridized carbons (Fsp3) is 0.938. The Balaban J connectivity index is 1.70. The SMILES string of the molecule is CCC(CO)CCC(CC(CCC1CC(OC2CCCCC2)C(O)CC1C1CC[NH2+]C(N)C1)OC(C)=O)OC(C)=O. The van der Waals surface area contributed by atoms with Crippen LogP contribution >= 0.6 is 0 Å². The Morgan fingerprint density at radius 3 is 2.24 bits per heavy atom. The van der Waals surface area contributed by atoms with Gasteiger partial charge in [-0.3, -0.25) is 15.3 Å². The zero-order valence-electron chi connectivity index (χ0n) is 25.9. The van der Waals surface area contributed by atoms with Gasteiger partial charge in [-0.1, -0.05) is 32.6 Å². The Hall–Kier alpha value is -1.26. The molecule has 0 aromatic carbocycles. The van der Waals surface area contributed by atoms with Crippen LogP contribution in [0.15, 0.2) is 0 Å². The molecule has 0 radical (unpaired) electrons. The molecule has 2 aliphatic carbocycles. The second-order valence-electron chi connectivity index (χ2n) is 13.2. The Labute approximate surface area is 247 Å².